The minimum atomic E-state index is 0.700. The lowest BCUT2D eigenvalue weighted by molar-refractivity contribution is 0.152. The normalized spacial score (nSPS) is 21.4. The summed E-state index contributed by atoms with van der Waals surface area (Å²) >= 11 is 0. The average molecular weight is 220 g/mol. The fraction of sp³-hybridized carbons (Fsp3) is 0.538. The predicted octanol–water partition coefficient (Wildman–Crippen LogP) is 1.74. The van der Waals surface area contributed by atoms with Crippen LogP contribution in [0.5, 0.6) is 0 Å². The number of hydrogen-bond donors (Lipinski definition) is 1. The zero-order valence-corrected chi connectivity index (χ0v) is 9.86. The van der Waals surface area contributed by atoms with E-state index in [-0.39, 0.29) is 0 Å². The first-order valence-electron chi connectivity index (χ1n) is 5.83. The quantitative estimate of drug-likeness (QED) is 0.785. The SMILES string of the molecule is COC[C@@H]1CCN(Cc2cccc(N)c2)C1. The zero-order valence-electron chi connectivity index (χ0n) is 9.86. The number of hydrogen-bond acceptors (Lipinski definition) is 3. The fourth-order valence-corrected chi connectivity index (χ4v) is 2.38. The molecule has 0 unspecified atom stereocenters. The summed E-state index contributed by atoms with van der Waals surface area (Å²) in [5, 5.41) is 0. The summed E-state index contributed by atoms with van der Waals surface area (Å²) in [7, 11) is 1.78. The first-order valence-corrected chi connectivity index (χ1v) is 5.83. The van der Waals surface area contributed by atoms with Gasteiger partial charge in [-0.2, -0.15) is 0 Å². The number of methoxy groups -OCH3 is 1. The van der Waals surface area contributed by atoms with Gasteiger partial charge in [-0.05, 0) is 36.6 Å². The Morgan fingerprint density at radius 3 is 3.12 bits per heavy atom. The van der Waals surface area contributed by atoms with E-state index in [4.69, 9.17) is 10.5 Å². The topological polar surface area (TPSA) is 38.5 Å². The first-order chi connectivity index (χ1) is 7.78. The average Bonchev–Trinajstić information content (AvgIpc) is 2.66. The maximum atomic E-state index is 5.77. The van der Waals surface area contributed by atoms with Crippen molar-refractivity contribution in [1.82, 2.24) is 4.90 Å². The molecule has 0 saturated carbocycles. The van der Waals surface area contributed by atoms with Crippen LogP contribution in [0.1, 0.15) is 12.0 Å². The molecule has 1 saturated heterocycles. The Labute approximate surface area is 97.2 Å². The summed E-state index contributed by atoms with van der Waals surface area (Å²) in [4.78, 5) is 2.47. The monoisotopic (exact) mass is 220 g/mol. The summed E-state index contributed by atoms with van der Waals surface area (Å²) in [6, 6.07) is 8.15. The van der Waals surface area contributed by atoms with E-state index in [0.29, 0.717) is 5.92 Å². The van der Waals surface area contributed by atoms with Crippen LogP contribution in [0.4, 0.5) is 5.69 Å². The van der Waals surface area contributed by atoms with Crippen LogP contribution in [-0.2, 0) is 11.3 Å². The third kappa shape index (κ3) is 2.97. The van der Waals surface area contributed by atoms with Gasteiger partial charge in [-0.1, -0.05) is 12.1 Å². The molecule has 0 radical (unpaired) electrons. The molecule has 0 aliphatic carbocycles. The van der Waals surface area contributed by atoms with Crippen molar-refractivity contribution in [2.75, 3.05) is 32.5 Å². The molecule has 1 aromatic rings. The van der Waals surface area contributed by atoms with Crippen molar-refractivity contribution in [3.8, 4) is 0 Å². The summed E-state index contributed by atoms with van der Waals surface area (Å²) in [5.74, 6) is 0.700. The third-order valence-corrected chi connectivity index (χ3v) is 3.13. The van der Waals surface area contributed by atoms with Crippen molar-refractivity contribution >= 4 is 5.69 Å². The Morgan fingerprint density at radius 1 is 1.50 bits per heavy atom. The molecule has 2 rings (SSSR count). The largest absolute Gasteiger partial charge is 0.399 e. The van der Waals surface area contributed by atoms with Crippen LogP contribution in [0.15, 0.2) is 24.3 Å². The molecule has 1 aliphatic rings. The number of rotatable bonds is 4. The first kappa shape index (κ1) is 11.4. The number of nitrogens with two attached hydrogens (primary N) is 1. The van der Waals surface area contributed by atoms with E-state index >= 15 is 0 Å². The molecule has 0 bridgehead atoms. The van der Waals surface area contributed by atoms with Crippen molar-refractivity contribution in [1.29, 1.82) is 0 Å². The van der Waals surface area contributed by atoms with Crippen molar-refractivity contribution < 1.29 is 4.74 Å². The molecule has 0 amide bonds. The van der Waals surface area contributed by atoms with E-state index in [0.717, 1.165) is 25.4 Å². The number of nitrogen functional groups attached to an aromatic ring is 1. The van der Waals surface area contributed by atoms with E-state index < -0.39 is 0 Å². The van der Waals surface area contributed by atoms with Crippen LogP contribution >= 0.6 is 0 Å². The van der Waals surface area contributed by atoms with Gasteiger partial charge in [0.1, 0.15) is 0 Å². The lowest BCUT2D eigenvalue weighted by Gasteiger charge is -2.16. The second-order valence-corrected chi connectivity index (χ2v) is 4.59. The van der Waals surface area contributed by atoms with Crippen LogP contribution in [-0.4, -0.2) is 31.7 Å². The smallest absolute Gasteiger partial charge is 0.0503 e. The standard InChI is InChI=1S/C13H20N2O/c1-16-10-12-5-6-15(9-12)8-11-3-2-4-13(14)7-11/h2-4,7,12H,5-6,8-10,14H2,1H3/t12-/m1/s1. The minimum Gasteiger partial charge on any atom is -0.399 e. The van der Waals surface area contributed by atoms with Crippen molar-refractivity contribution in [3.05, 3.63) is 29.8 Å². The van der Waals surface area contributed by atoms with Crippen LogP contribution in [0.2, 0.25) is 0 Å². The lowest BCUT2D eigenvalue weighted by atomic mass is 10.1. The number of ether oxygens (including phenoxy) is 1. The molecule has 1 fully saturated rings. The molecule has 1 aromatic carbocycles. The highest BCUT2D eigenvalue weighted by Crippen LogP contribution is 2.19. The van der Waals surface area contributed by atoms with Gasteiger partial charge in [0.25, 0.3) is 0 Å². The van der Waals surface area contributed by atoms with E-state index in [2.05, 4.69) is 17.0 Å². The van der Waals surface area contributed by atoms with E-state index in [9.17, 15) is 0 Å². The second kappa shape index (κ2) is 5.32. The molecule has 88 valence electrons. The number of likely N-dealkylation sites (tertiary alicyclic amines) is 1. The summed E-state index contributed by atoms with van der Waals surface area (Å²) in [6.07, 6.45) is 1.25. The van der Waals surface area contributed by atoms with E-state index in [1.807, 2.05) is 12.1 Å². The molecule has 16 heavy (non-hydrogen) atoms. The number of benzene rings is 1. The van der Waals surface area contributed by atoms with Crippen LogP contribution in [0.3, 0.4) is 0 Å². The van der Waals surface area contributed by atoms with Crippen molar-refractivity contribution in [3.63, 3.8) is 0 Å². The Morgan fingerprint density at radius 2 is 2.38 bits per heavy atom. The Hall–Kier alpha value is -1.06. The van der Waals surface area contributed by atoms with Crippen molar-refractivity contribution in [2.24, 2.45) is 5.92 Å². The van der Waals surface area contributed by atoms with Gasteiger partial charge < -0.3 is 10.5 Å². The van der Waals surface area contributed by atoms with E-state index in [1.165, 1.54) is 18.5 Å². The maximum absolute atomic E-state index is 5.77. The van der Waals surface area contributed by atoms with Crippen LogP contribution in [0, 0.1) is 5.92 Å². The van der Waals surface area contributed by atoms with Crippen LogP contribution in [0.25, 0.3) is 0 Å². The summed E-state index contributed by atoms with van der Waals surface area (Å²) < 4.78 is 5.20. The van der Waals surface area contributed by atoms with Gasteiger partial charge >= 0.3 is 0 Å². The molecule has 1 atom stereocenters. The second-order valence-electron chi connectivity index (χ2n) is 4.59. The van der Waals surface area contributed by atoms with Gasteiger partial charge in [-0.3, -0.25) is 4.90 Å². The lowest BCUT2D eigenvalue weighted by Crippen LogP contribution is -2.21. The number of nitrogens with zero attached hydrogens (tertiary/aromatic N) is 1. The van der Waals surface area contributed by atoms with Gasteiger partial charge in [0.05, 0.1) is 6.61 Å². The highest BCUT2D eigenvalue weighted by Gasteiger charge is 2.21. The Kier molecular flexibility index (Phi) is 3.80. The maximum Gasteiger partial charge on any atom is 0.0503 e. The zero-order chi connectivity index (χ0) is 11.4. The van der Waals surface area contributed by atoms with Gasteiger partial charge in [0, 0.05) is 25.9 Å². The molecule has 1 heterocycles. The molecule has 1 aliphatic heterocycles. The summed E-state index contributed by atoms with van der Waals surface area (Å²) in [5.41, 5.74) is 7.93. The van der Waals surface area contributed by atoms with Gasteiger partial charge in [0.15, 0.2) is 0 Å². The predicted molar refractivity (Wildman–Crippen MR) is 66.1 cm³/mol. The molecule has 0 aromatic heterocycles. The van der Waals surface area contributed by atoms with Gasteiger partial charge in [-0.15, -0.1) is 0 Å². The van der Waals surface area contributed by atoms with E-state index in [1.54, 1.807) is 7.11 Å². The molecule has 0 spiro atoms. The third-order valence-electron chi connectivity index (χ3n) is 3.13. The molecule has 2 N–H and O–H groups in total. The van der Waals surface area contributed by atoms with Crippen LogP contribution < -0.4 is 5.73 Å². The fourth-order valence-electron chi connectivity index (χ4n) is 2.38. The Balaban J connectivity index is 1.87. The molecule has 3 nitrogen and oxygen atoms in total. The summed E-state index contributed by atoms with van der Waals surface area (Å²) in [6.45, 7) is 4.20. The Bertz CT molecular complexity index is 340. The number of anilines is 1. The van der Waals surface area contributed by atoms with Gasteiger partial charge in [0.2, 0.25) is 0 Å². The molecule has 3 heteroatoms. The minimum absolute atomic E-state index is 0.700. The molecular formula is C13H20N2O. The highest BCUT2D eigenvalue weighted by molar-refractivity contribution is 5.40. The van der Waals surface area contributed by atoms with Crippen molar-refractivity contribution in [2.45, 2.75) is 13.0 Å². The van der Waals surface area contributed by atoms with Gasteiger partial charge in [-0.25, -0.2) is 0 Å². The highest BCUT2D eigenvalue weighted by atomic mass is 16.5. The molecular weight excluding hydrogens is 200 g/mol.